The van der Waals surface area contributed by atoms with Gasteiger partial charge in [-0.05, 0) is 18.1 Å². The van der Waals surface area contributed by atoms with Crippen molar-refractivity contribution < 1.29 is 4.48 Å². The van der Waals surface area contributed by atoms with E-state index in [9.17, 15) is 0 Å². The highest BCUT2D eigenvalue weighted by atomic mass is 15.3. The second-order valence-corrected chi connectivity index (χ2v) is 7.49. The zero-order valence-electron chi connectivity index (χ0n) is 14.8. The maximum atomic E-state index is 2.56. The van der Waals surface area contributed by atoms with Gasteiger partial charge >= 0.3 is 0 Å². The van der Waals surface area contributed by atoms with Gasteiger partial charge in [0.15, 0.2) is 0 Å². The molecule has 0 bridgehead atoms. The normalized spacial score (nSPS) is 20.2. The minimum atomic E-state index is 0.980. The van der Waals surface area contributed by atoms with Crippen molar-refractivity contribution in [2.75, 3.05) is 20.1 Å². The molecule has 2 aromatic carbocycles. The second kappa shape index (κ2) is 6.10. The summed E-state index contributed by atoms with van der Waals surface area (Å²) in [5.41, 5.74) is 5.93. The standard InChI is InChI=1S/C22H27N2/c1-3-14-24(2)15-13-22-20(17-24)19-11-7-8-12-21(19)23(22)16-18-9-5-4-6-10-18/h4-12H,3,13-17H2,1-2H3/q+1/t24-/m1/s1. The highest BCUT2D eigenvalue weighted by Gasteiger charge is 2.32. The first kappa shape index (κ1) is 15.5. The van der Waals surface area contributed by atoms with Crippen LogP contribution < -0.4 is 0 Å². The van der Waals surface area contributed by atoms with Crippen molar-refractivity contribution in [3.05, 3.63) is 71.4 Å². The summed E-state index contributed by atoms with van der Waals surface area (Å²) in [4.78, 5) is 0. The molecule has 1 atom stereocenters. The van der Waals surface area contributed by atoms with Crippen molar-refractivity contribution in [3.8, 4) is 0 Å². The minimum Gasteiger partial charge on any atom is -0.339 e. The fourth-order valence-electron chi connectivity index (χ4n) is 4.40. The van der Waals surface area contributed by atoms with E-state index in [2.05, 4.69) is 73.1 Å². The molecule has 0 aliphatic carbocycles. The molecule has 3 aromatic rings. The van der Waals surface area contributed by atoms with Crippen LogP contribution in [-0.2, 0) is 19.5 Å². The number of para-hydroxylation sites is 1. The first-order valence-corrected chi connectivity index (χ1v) is 9.17. The third-order valence-electron chi connectivity index (χ3n) is 5.57. The Morgan fingerprint density at radius 1 is 1.00 bits per heavy atom. The summed E-state index contributed by atoms with van der Waals surface area (Å²) in [7, 11) is 2.43. The fourth-order valence-corrected chi connectivity index (χ4v) is 4.40. The molecule has 2 nitrogen and oxygen atoms in total. The van der Waals surface area contributed by atoms with Crippen molar-refractivity contribution in [2.45, 2.75) is 32.9 Å². The van der Waals surface area contributed by atoms with E-state index in [1.54, 1.807) is 11.3 Å². The molecule has 4 rings (SSSR count). The number of hydrogen-bond donors (Lipinski definition) is 0. The van der Waals surface area contributed by atoms with Gasteiger partial charge in [0, 0.05) is 35.1 Å². The monoisotopic (exact) mass is 319 g/mol. The lowest BCUT2D eigenvalue weighted by Gasteiger charge is -2.38. The molecule has 0 spiro atoms. The lowest BCUT2D eigenvalue weighted by molar-refractivity contribution is -0.924. The van der Waals surface area contributed by atoms with Gasteiger partial charge in [-0.25, -0.2) is 0 Å². The molecule has 0 unspecified atom stereocenters. The molecule has 1 aromatic heterocycles. The van der Waals surface area contributed by atoms with E-state index in [0.29, 0.717) is 0 Å². The first-order chi connectivity index (χ1) is 11.7. The predicted molar refractivity (Wildman–Crippen MR) is 101 cm³/mol. The molecular formula is C22H27N2+. The molecule has 0 fully saturated rings. The molecule has 0 N–H and O–H groups in total. The number of rotatable bonds is 4. The van der Waals surface area contributed by atoms with Gasteiger partial charge in [-0.3, -0.25) is 0 Å². The Morgan fingerprint density at radius 2 is 1.75 bits per heavy atom. The summed E-state index contributed by atoms with van der Waals surface area (Å²) in [6.45, 7) is 6.99. The van der Waals surface area contributed by atoms with Crippen LogP contribution in [0.15, 0.2) is 54.6 Å². The highest BCUT2D eigenvalue weighted by Crippen LogP contribution is 2.33. The number of likely N-dealkylation sites (N-methyl/N-ethyl adjacent to an activating group) is 1. The van der Waals surface area contributed by atoms with Crippen LogP contribution in [0.2, 0.25) is 0 Å². The molecule has 0 saturated carbocycles. The Kier molecular flexibility index (Phi) is 3.93. The Bertz CT molecular complexity index is 847. The molecule has 0 saturated heterocycles. The second-order valence-electron chi connectivity index (χ2n) is 7.49. The van der Waals surface area contributed by atoms with Crippen LogP contribution >= 0.6 is 0 Å². The van der Waals surface area contributed by atoms with E-state index in [0.717, 1.165) is 6.54 Å². The summed E-state index contributed by atoms with van der Waals surface area (Å²) in [6, 6.07) is 19.8. The molecular weight excluding hydrogens is 292 g/mol. The summed E-state index contributed by atoms with van der Waals surface area (Å²) in [5, 5.41) is 1.46. The van der Waals surface area contributed by atoms with Crippen molar-refractivity contribution in [2.24, 2.45) is 0 Å². The SMILES string of the molecule is CCC[N@+]1(C)CCc2c(c3ccccc3n2Cc2ccccc2)C1. The summed E-state index contributed by atoms with van der Waals surface area (Å²) in [5.74, 6) is 0. The first-order valence-electron chi connectivity index (χ1n) is 9.17. The Hall–Kier alpha value is -2.06. The van der Waals surface area contributed by atoms with Gasteiger partial charge in [0.2, 0.25) is 0 Å². The molecule has 24 heavy (non-hydrogen) atoms. The van der Waals surface area contributed by atoms with Crippen LogP contribution in [0.3, 0.4) is 0 Å². The van der Waals surface area contributed by atoms with Crippen molar-refractivity contribution >= 4 is 10.9 Å². The van der Waals surface area contributed by atoms with E-state index in [-0.39, 0.29) is 0 Å². The van der Waals surface area contributed by atoms with Crippen LogP contribution in [0.4, 0.5) is 0 Å². The van der Waals surface area contributed by atoms with Gasteiger partial charge in [-0.1, -0.05) is 55.5 Å². The Balaban J connectivity index is 1.81. The molecule has 1 aliphatic heterocycles. The smallest absolute Gasteiger partial charge is 0.107 e. The van der Waals surface area contributed by atoms with Crippen molar-refractivity contribution in [1.29, 1.82) is 0 Å². The number of nitrogens with zero attached hydrogens (tertiary/aromatic N) is 2. The third kappa shape index (κ3) is 2.65. The van der Waals surface area contributed by atoms with Gasteiger partial charge < -0.3 is 9.05 Å². The lowest BCUT2D eigenvalue weighted by atomic mass is 10.0. The minimum absolute atomic E-state index is 0.980. The molecule has 0 amide bonds. The zero-order chi connectivity index (χ0) is 16.6. The molecule has 1 aliphatic rings. The van der Waals surface area contributed by atoms with E-state index >= 15 is 0 Å². The third-order valence-corrected chi connectivity index (χ3v) is 5.57. The quantitative estimate of drug-likeness (QED) is 0.619. The average Bonchev–Trinajstić information content (AvgIpc) is 2.89. The van der Waals surface area contributed by atoms with E-state index in [1.165, 1.54) is 53.4 Å². The van der Waals surface area contributed by atoms with Crippen LogP contribution in [0.1, 0.15) is 30.2 Å². The van der Waals surface area contributed by atoms with Gasteiger partial charge in [0.25, 0.3) is 0 Å². The van der Waals surface area contributed by atoms with Crippen molar-refractivity contribution in [1.82, 2.24) is 4.57 Å². The van der Waals surface area contributed by atoms with Crippen LogP contribution in [0.25, 0.3) is 10.9 Å². The lowest BCUT2D eigenvalue weighted by Crippen LogP contribution is -2.48. The van der Waals surface area contributed by atoms with Crippen molar-refractivity contribution in [3.63, 3.8) is 0 Å². The molecule has 2 heteroatoms. The number of aromatic nitrogens is 1. The van der Waals surface area contributed by atoms with Crippen LogP contribution in [0, 0.1) is 0 Å². The fraction of sp³-hybridized carbons (Fsp3) is 0.364. The van der Waals surface area contributed by atoms with Crippen LogP contribution in [-0.4, -0.2) is 29.2 Å². The maximum Gasteiger partial charge on any atom is 0.107 e. The predicted octanol–water partition coefficient (Wildman–Crippen LogP) is 4.60. The number of hydrogen-bond acceptors (Lipinski definition) is 0. The molecule has 2 heterocycles. The number of benzene rings is 2. The topological polar surface area (TPSA) is 4.93 Å². The largest absolute Gasteiger partial charge is 0.339 e. The Morgan fingerprint density at radius 3 is 2.54 bits per heavy atom. The summed E-state index contributed by atoms with van der Waals surface area (Å²) >= 11 is 0. The van der Waals surface area contributed by atoms with E-state index in [1.807, 2.05) is 0 Å². The Labute approximate surface area is 144 Å². The maximum absolute atomic E-state index is 2.56. The highest BCUT2D eigenvalue weighted by molar-refractivity contribution is 5.85. The van der Waals surface area contributed by atoms with Gasteiger partial charge in [0.1, 0.15) is 6.54 Å². The summed E-state index contributed by atoms with van der Waals surface area (Å²) < 4.78 is 3.75. The van der Waals surface area contributed by atoms with E-state index < -0.39 is 0 Å². The van der Waals surface area contributed by atoms with Crippen LogP contribution in [0.5, 0.6) is 0 Å². The zero-order valence-corrected chi connectivity index (χ0v) is 14.8. The number of fused-ring (bicyclic) bond motifs is 3. The molecule has 124 valence electrons. The molecule has 0 radical (unpaired) electrons. The summed E-state index contributed by atoms with van der Waals surface area (Å²) in [6.07, 6.45) is 2.45. The number of quaternary nitrogens is 1. The van der Waals surface area contributed by atoms with Gasteiger partial charge in [-0.15, -0.1) is 0 Å². The van der Waals surface area contributed by atoms with E-state index in [4.69, 9.17) is 0 Å². The average molecular weight is 319 g/mol. The van der Waals surface area contributed by atoms with Gasteiger partial charge in [0.05, 0.1) is 20.1 Å². The van der Waals surface area contributed by atoms with Gasteiger partial charge in [-0.2, -0.15) is 0 Å².